The Kier molecular flexibility index (Phi) is 2.30. The monoisotopic (exact) mass is 101 g/mol. The Morgan fingerprint density at radius 3 is 2.00 bits per heavy atom. The lowest BCUT2D eigenvalue weighted by atomic mass is 9.93. The van der Waals surface area contributed by atoms with Crippen molar-refractivity contribution in [2.45, 2.75) is 20.3 Å². The van der Waals surface area contributed by atoms with E-state index in [9.17, 15) is 0 Å². The van der Waals surface area contributed by atoms with Gasteiger partial charge in [-0.3, -0.25) is 0 Å². The highest BCUT2D eigenvalue weighted by molar-refractivity contribution is 4.68. The molecule has 7 heavy (non-hydrogen) atoms. The Morgan fingerprint density at radius 2 is 2.00 bits per heavy atom. The fraction of sp³-hybridized carbons (Fsp3) is 0.833. The summed E-state index contributed by atoms with van der Waals surface area (Å²) in [6, 6.07) is 0. The van der Waals surface area contributed by atoms with E-state index >= 15 is 0 Å². The average molecular weight is 101 g/mol. The molecule has 0 fully saturated rings. The highest BCUT2D eigenvalue weighted by atomic mass is 16.3. The van der Waals surface area contributed by atoms with Gasteiger partial charge in [0.25, 0.3) is 0 Å². The van der Waals surface area contributed by atoms with Crippen LogP contribution >= 0.6 is 0 Å². The molecule has 0 spiro atoms. The Balaban J connectivity index is 3.15. The topological polar surface area (TPSA) is 20.2 Å². The van der Waals surface area contributed by atoms with Crippen LogP contribution in [0.2, 0.25) is 0 Å². The molecule has 0 saturated heterocycles. The molecule has 0 amide bonds. The first-order valence-corrected chi connectivity index (χ1v) is 2.52. The van der Waals surface area contributed by atoms with Crippen LogP contribution in [-0.4, -0.2) is 11.7 Å². The van der Waals surface area contributed by atoms with Gasteiger partial charge in [0.1, 0.15) is 0 Å². The molecule has 0 heterocycles. The van der Waals surface area contributed by atoms with Gasteiger partial charge in [0.15, 0.2) is 0 Å². The summed E-state index contributed by atoms with van der Waals surface area (Å²) >= 11 is 0. The number of rotatable bonds is 2. The Labute approximate surface area is 45.4 Å². The van der Waals surface area contributed by atoms with E-state index in [4.69, 9.17) is 5.11 Å². The number of aliphatic hydroxyl groups is 1. The van der Waals surface area contributed by atoms with E-state index in [0.717, 1.165) is 6.42 Å². The normalized spacial score (nSPS) is 12.0. The smallest absolute Gasteiger partial charge is 0.0436 e. The second kappa shape index (κ2) is 2.31. The number of hydrogen-bond donors (Lipinski definition) is 1. The van der Waals surface area contributed by atoms with Gasteiger partial charge < -0.3 is 5.11 Å². The van der Waals surface area contributed by atoms with E-state index < -0.39 is 0 Å². The van der Waals surface area contributed by atoms with Crippen LogP contribution in [0.4, 0.5) is 0 Å². The first-order valence-electron chi connectivity index (χ1n) is 2.52. The lowest BCUT2D eigenvalue weighted by Crippen LogP contribution is -2.06. The standard InChI is InChI=1S/C6H13O/c1-6(2,3)4-5-7/h7H,1,4-5H2,2-3H3. The molecule has 0 bridgehead atoms. The quantitative estimate of drug-likeness (QED) is 0.554. The minimum Gasteiger partial charge on any atom is -0.396 e. The summed E-state index contributed by atoms with van der Waals surface area (Å²) in [7, 11) is 0. The van der Waals surface area contributed by atoms with Crippen LogP contribution in [0.25, 0.3) is 0 Å². The van der Waals surface area contributed by atoms with Crippen molar-refractivity contribution in [2.24, 2.45) is 5.41 Å². The fourth-order valence-electron chi connectivity index (χ4n) is 0.303. The van der Waals surface area contributed by atoms with Gasteiger partial charge in [0.05, 0.1) is 0 Å². The molecule has 0 aromatic rings. The summed E-state index contributed by atoms with van der Waals surface area (Å²) in [5.41, 5.74) is 0.0503. The molecule has 0 aliphatic rings. The lowest BCUT2D eigenvalue weighted by Gasteiger charge is -2.14. The van der Waals surface area contributed by atoms with E-state index in [1.165, 1.54) is 0 Å². The minimum atomic E-state index is 0.0503. The van der Waals surface area contributed by atoms with Gasteiger partial charge >= 0.3 is 0 Å². The third kappa shape index (κ3) is 5.96. The van der Waals surface area contributed by atoms with Gasteiger partial charge in [-0.15, -0.1) is 0 Å². The van der Waals surface area contributed by atoms with Crippen molar-refractivity contribution in [3.05, 3.63) is 6.92 Å². The largest absolute Gasteiger partial charge is 0.396 e. The van der Waals surface area contributed by atoms with Gasteiger partial charge in [-0.25, -0.2) is 0 Å². The van der Waals surface area contributed by atoms with E-state index in [0.29, 0.717) is 0 Å². The molecule has 43 valence electrons. The molecule has 0 saturated carbocycles. The van der Waals surface area contributed by atoms with Gasteiger partial charge in [-0.2, -0.15) is 0 Å². The number of aliphatic hydroxyl groups excluding tert-OH is 1. The second-order valence-electron chi connectivity index (χ2n) is 2.64. The molecule has 0 aliphatic heterocycles. The van der Waals surface area contributed by atoms with Crippen LogP contribution in [0, 0.1) is 12.3 Å². The third-order valence-electron chi connectivity index (χ3n) is 0.789. The molecule has 0 aliphatic carbocycles. The zero-order chi connectivity index (χ0) is 5.91. The third-order valence-corrected chi connectivity index (χ3v) is 0.789. The van der Waals surface area contributed by atoms with Crippen molar-refractivity contribution in [3.8, 4) is 0 Å². The zero-order valence-corrected chi connectivity index (χ0v) is 5.07. The maximum absolute atomic E-state index is 8.36. The van der Waals surface area contributed by atoms with Crippen LogP contribution in [0.15, 0.2) is 0 Å². The first kappa shape index (κ1) is 6.96. The summed E-state index contributed by atoms with van der Waals surface area (Å²) in [6.45, 7) is 8.05. The SMILES string of the molecule is [CH2]C(C)(C)CCO. The summed E-state index contributed by atoms with van der Waals surface area (Å²) in [6.07, 6.45) is 0.785. The van der Waals surface area contributed by atoms with Crippen molar-refractivity contribution in [1.29, 1.82) is 0 Å². The van der Waals surface area contributed by atoms with E-state index in [1.807, 2.05) is 13.8 Å². The van der Waals surface area contributed by atoms with Gasteiger partial charge in [0.2, 0.25) is 0 Å². The summed E-state index contributed by atoms with van der Waals surface area (Å²) < 4.78 is 0. The summed E-state index contributed by atoms with van der Waals surface area (Å²) in [5.74, 6) is 0. The van der Waals surface area contributed by atoms with Crippen LogP contribution < -0.4 is 0 Å². The molecule has 0 rings (SSSR count). The first-order chi connectivity index (χ1) is 3.06. The van der Waals surface area contributed by atoms with Crippen LogP contribution in [-0.2, 0) is 0 Å². The lowest BCUT2D eigenvalue weighted by molar-refractivity contribution is 0.240. The van der Waals surface area contributed by atoms with Crippen molar-refractivity contribution < 1.29 is 5.11 Å². The average Bonchev–Trinajstić information content (AvgIpc) is 1.30. The van der Waals surface area contributed by atoms with Gasteiger partial charge in [-0.1, -0.05) is 13.8 Å². The molecular formula is C6H13O. The highest BCUT2D eigenvalue weighted by Gasteiger charge is 2.07. The van der Waals surface area contributed by atoms with E-state index in [-0.39, 0.29) is 12.0 Å². The van der Waals surface area contributed by atoms with Gasteiger partial charge in [0, 0.05) is 6.61 Å². The molecule has 0 aromatic carbocycles. The van der Waals surface area contributed by atoms with Crippen molar-refractivity contribution >= 4 is 0 Å². The Morgan fingerprint density at radius 1 is 1.57 bits per heavy atom. The Hall–Kier alpha value is -0.0400. The minimum absolute atomic E-state index is 0.0503. The second-order valence-corrected chi connectivity index (χ2v) is 2.64. The molecular weight excluding hydrogens is 88.1 g/mol. The number of hydrogen-bond acceptors (Lipinski definition) is 1. The summed E-state index contributed by atoms with van der Waals surface area (Å²) in [5, 5.41) is 8.36. The van der Waals surface area contributed by atoms with E-state index in [2.05, 4.69) is 6.92 Å². The zero-order valence-electron chi connectivity index (χ0n) is 5.07. The predicted molar refractivity (Wildman–Crippen MR) is 30.8 cm³/mol. The fourth-order valence-corrected chi connectivity index (χ4v) is 0.303. The van der Waals surface area contributed by atoms with Crippen molar-refractivity contribution in [3.63, 3.8) is 0 Å². The maximum Gasteiger partial charge on any atom is 0.0436 e. The van der Waals surface area contributed by atoms with Crippen molar-refractivity contribution in [2.75, 3.05) is 6.61 Å². The highest BCUT2D eigenvalue weighted by Crippen LogP contribution is 2.15. The van der Waals surface area contributed by atoms with Crippen LogP contribution in [0.5, 0.6) is 0 Å². The predicted octanol–water partition coefficient (Wildman–Crippen LogP) is 1.23. The Bertz CT molecular complexity index is 42.6. The maximum atomic E-state index is 8.36. The molecule has 1 radical (unpaired) electrons. The summed E-state index contributed by atoms with van der Waals surface area (Å²) in [4.78, 5) is 0. The molecule has 1 N–H and O–H groups in total. The van der Waals surface area contributed by atoms with Crippen LogP contribution in [0.1, 0.15) is 20.3 Å². The molecule has 0 aromatic heterocycles. The molecule has 0 atom stereocenters. The molecule has 0 unspecified atom stereocenters. The molecule has 1 nitrogen and oxygen atoms in total. The molecule has 1 heteroatoms. The van der Waals surface area contributed by atoms with Gasteiger partial charge in [-0.05, 0) is 18.8 Å². The van der Waals surface area contributed by atoms with Crippen LogP contribution in [0.3, 0.4) is 0 Å². The van der Waals surface area contributed by atoms with E-state index in [1.54, 1.807) is 0 Å². The van der Waals surface area contributed by atoms with Crippen molar-refractivity contribution in [1.82, 2.24) is 0 Å².